The lowest BCUT2D eigenvalue weighted by atomic mass is 9.84. The highest BCUT2D eigenvalue weighted by Crippen LogP contribution is 2.63. The molecule has 4 rings (SSSR count). The van der Waals surface area contributed by atoms with Crippen molar-refractivity contribution in [2.45, 2.75) is 79.1 Å². The minimum absolute atomic E-state index is 0.0577. The zero-order valence-corrected chi connectivity index (χ0v) is 24.6. The lowest BCUT2D eigenvalue weighted by Crippen LogP contribution is -2.59. The number of carbonyl (C=O) groups excluding carboxylic acids is 3. The fourth-order valence-corrected chi connectivity index (χ4v) is 6.31. The number of thiazole rings is 1. The molecule has 0 spiro atoms. The maximum atomic E-state index is 13.8. The summed E-state index contributed by atoms with van der Waals surface area (Å²) in [7, 11) is 0. The zero-order chi connectivity index (χ0) is 29.6. The van der Waals surface area contributed by atoms with E-state index in [0.717, 1.165) is 21.7 Å². The lowest BCUT2D eigenvalue weighted by molar-refractivity contribution is -0.153. The molecule has 40 heavy (non-hydrogen) atoms. The van der Waals surface area contributed by atoms with Gasteiger partial charge in [0.15, 0.2) is 5.41 Å². The molecule has 2 aliphatic rings. The first kappa shape index (κ1) is 29.7. The quantitative estimate of drug-likeness (QED) is 0.357. The van der Waals surface area contributed by atoms with E-state index in [1.54, 1.807) is 51.5 Å². The number of aromatic nitrogens is 1. The second-order valence-corrected chi connectivity index (χ2v) is 13.5. The fraction of sp³-hybridized carbons (Fsp3) is 0.552. The number of rotatable bonds is 8. The van der Waals surface area contributed by atoms with Crippen LogP contribution in [0.5, 0.6) is 0 Å². The van der Waals surface area contributed by atoms with Gasteiger partial charge in [-0.3, -0.25) is 19.2 Å². The average molecular weight is 571 g/mol. The fourth-order valence-electron chi connectivity index (χ4n) is 5.50. The Labute approximate surface area is 238 Å². The van der Waals surface area contributed by atoms with E-state index in [1.165, 1.54) is 4.90 Å². The van der Waals surface area contributed by atoms with Crippen LogP contribution in [-0.2, 0) is 25.7 Å². The molecular weight excluding hydrogens is 532 g/mol. The van der Waals surface area contributed by atoms with E-state index in [1.807, 2.05) is 31.2 Å². The Hall–Kier alpha value is -3.31. The molecule has 0 bridgehead atoms. The number of benzene rings is 1. The van der Waals surface area contributed by atoms with Crippen LogP contribution >= 0.6 is 11.3 Å². The summed E-state index contributed by atoms with van der Waals surface area (Å²) in [6.45, 7) is 10.8. The minimum Gasteiger partial charge on any atom is -0.480 e. The number of aliphatic carboxylic acids is 1. The normalized spacial score (nSPS) is 24.3. The maximum absolute atomic E-state index is 13.8. The van der Waals surface area contributed by atoms with E-state index in [-0.39, 0.29) is 25.9 Å². The second kappa shape index (κ2) is 10.6. The molecule has 4 N–H and O–H groups in total. The van der Waals surface area contributed by atoms with E-state index >= 15 is 0 Å². The molecule has 1 aromatic carbocycles. The Bertz CT molecular complexity index is 1310. The minimum atomic E-state index is -1.60. The number of amides is 3. The Morgan fingerprint density at radius 2 is 1.80 bits per heavy atom. The highest BCUT2D eigenvalue weighted by atomic mass is 32.1. The van der Waals surface area contributed by atoms with Gasteiger partial charge in [0.2, 0.25) is 17.7 Å². The van der Waals surface area contributed by atoms with Crippen LogP contribution in [0, 0.1) is 23.2 Å². The van der Waals surface area contributed by atoms with Gasteiger partial charge in [-0.1, -0.05) is 58.9 Å². The molecule has 2 fully saturated rings. The van der Waals surface area contributed by atoms with Crippen LogP contribution in [-0.4, -0.2) is 68.5 Å². The van der Waals surface area contributed by atoms with Crippen LogP contribution in [0.1, 0.15) is 58.7 Å². The summed E-state index contributed by atoms with van der Waals surface area (Å²) in [4.78, 5) is 58.9. The number of carboxylic acid groups (broad SMARTS) is 1. The van der Waals surface area contributed by atoms with E-state index in [2.05, 4.69) is 15.6 Å². The average Bonchev–Trinajstić information content (AvgIpc) is 3.14. The van der Waals surface area contributed by atoms with Crippen LogP contribution in [0.2, 0.25) is 0 Å². The summed E-state index contributed by atoms with van der Waals surface area (Å²) in [5, 5.41) is 25.8. The van der Waals surface area contributed by atoms with Gasteiger partial charge < -0.3 is 25.7 Å². The van der Waals surface area contributed by atoms with Crippen molar-refractivity contribution in [3.63, 3.8) is 0 Å². The second-order valence-electron chi connectivity index (χ2n) is 12.6. The summed E-state index contributed by atoms with van der Waals surface area (Å²) in [5.74, 6) is -2.87. The van der Waals surface area contributed by atoms with Crippen molar-refractivity contribution in [1.29, 1.82) is 0 Å². The summed E-state index contributed by atoms with van der Waals surface area (Å²) in [6.07, 6.45) is -0.659. The van der Waals surface area contributed by atoms with Crippen LogP contribution in [0.25, 0.3) is 10.4 Å². The standard InChI is InChI=1S/C29H38N4O6S/c1-16-21(40-15-31-16)18-9-7-17(8-10-18)12-30-23(35)20-11-19(34)13-33(20)24(36)22(27(2,3)4)32-25(37)29(26(38)39)14-28(29,5)6/h7-10,15,19-20,22,34H,11-14H2,1-6H3,(H,30,35)(H,32,37)(H,38,39)/t19-,20+,22+,29?/m1/s1. The predicted octanol–water partition coefficient (Wildman–Crippen LogP) is 2.73. The van der Waals surface area contributed by atoms with Gasteiger partial charge in [-0.05, 0) is 35.3 Å². The number of hydrogen-bond acceptors (Lipinski definition) is 7. The number of aryl methyl sites for hydroxylation is 1. The number of β-amino-alcohol motifs (C(OH)–C–C–N with tert-alkyl or cyclic N) is 1. The molecule has 3 amide bonds. The lowest BCUT2D eigenvalue weighted by Gasteiger charge is -2.36. The number of carbonyl (C=O) groups is 4. The predicted molar refractivity (Wildman–Crippen MR) is 150 cm³/mol. The largest absolute Gasteiger partial charge is 0.480 e. The monoisotopic (exact) mass is 570 g/mol. The number of aliphatic hydroxyl groups excluding tert-OH is 1. The topological polar surface area (TPSA) is 149 Å². The van der Waals surface area contributed by atoms with E-state index in [0.29, 0.717) is 0 Å². The molecule has 0 radical (unpaired) electrons. The van der Waals surface area contributed by atoms with Crippen molar-refractivity contribution in [1.82, 2.24) is 20.5 Å². The van der Waals surface area contributed by atoms with Crippen molar-refractivity contribution in [3.05, 3.63) is 41.0 Å². The smallest absolute Gasteiger partial charge is 0.319 e. The van der Waals surface area contributed by atoms with Crippen molar-refractivity contribution in [2.24, 2.45) is 16.2 Å². The first-order valence-corrected chi connectivity index (χ1v) is 14.3. The molecule has 1 saturated carbocycles. The maximum Gasteiger partial charge on any atom is 0.319 e. The summed E-state index contributed by atoms with van der Waals surface area (Å²) < 4.78 is 0. The molecule has 1 aliphatic heterocycles. The molecule has 4 atom stereocenters. The number of carboxylic acids is 1. The first-order valence-electron chi connectivity index (χ1n) is 13.4. The highest BCUT2D eigenvalue weighted by Gasteiger charge is 2.72. The summed E-state index contributed by atoms with van der Waals surface area (Å²) >= 11 is 1.56. The summed E-state index contributed by atoms with van der Waals surface area (Å²) in [5.41, 5.74) is 1.55. The number of aliphatic hydroxyl groups is 1. The van der Waals surface area contributed by atoms with Gasteiger partial charge in [-0.25, -0.2) is 4.98 Å². The first-order chi connectivity index (χ1) is 18.6. The molecule has 10 nitrogen and oxygen atoms in total. The van der Waals surface area contributed by atoms with Gasteiger partial charge in [-0.2, -0.15) is 0 Å². The van der Waals surface area contributed by atoms with Crippen molar-refractivity contribution in [3.8, 4) is 10.4 Å². The Morgan fingerprint density at radius 1 is 1.18 bits per heavy atom. The van der Waals surface area contributed by atoms with Crippen LogP contribution in [0.4, 0.5) is 0 Å². The Kier molecular flexibility index (Phi) is 7.85. The third-order valence-electron chi connectivity index (χ3n) is 8.17. The van der Waals surface area contributed by atoms with Gasteiger partial charge in [0.1, 0.15) is 12.1 Å². The molecule has 1 aliphatic carbocycles. The van der Waals surface area contributed by atoms with E-state index in [4.69, 9.17) is 0 Å². The highest BCUT2D eigenvalue weighted by molar-refractivity contribution is 7.13. The van der Waals surface area contributed by atoms with E-state index < -0.39 is 58.1 Å². The third-order valence-corrected chi connectivity index (χ3v) is 9.15. The molecule has 216 valence electrons. The van der Waals surface area contributed by atoms with Crippen LogP contribution in [0.3, 0.4) is 0 Å². The molecule has 1 unspecified atom stereocenters. The zero-order valence-electron chi connectivity index (χ0n) is 23.8. The van der Waals surface area contributed by atoms with Crippen molar-refractivity contribution in [2.75, 3.05) is 6.54 Å². The molecule has 2 heterocycles. The summed E-state index contributed by atoms with van der Waals surface area (Å²) in [6, 6.07) is 5.77. The number of nitrogens with one attached hydrogen (secondary N) is 2. The third kappa shape index (κ3) is 5.49. The van der Waals surface area contributed by atoms with Gasteiger partial charge in [0.25, 0.3) is 0 Å². The number of hydrogen-bond donors (Lipinski definition) is 4. The number of likely N-dealkylation sites (tertiary alicyclic amines) is 1. The van der Waals surface area contributed by atoms with Gasteiger partial charge >= 0.3 is 5.97 Å². The van der Waals surface area contributed by atoms with Gasteiger partial charge in [-0.15, -0.1) is 11.3 Å². The van der Waals surface area contributed by atoms with Gasteiger partial charge in [0.05, 0.1) is 22.2 Å². The Morgan fingerprint density at radius 3 is 2.30 bits per heavy atom. The Balaban J connectivity index is 1.45. The van der Waals surface area contributed by atoms with Crippen molar-refractivity contribution < 1.29 is 29.4 Å². The van der Waals surface area contributed by atoms with E-state index in [9.17, 15) is 29.4 Å². The number of nitrogens with zero attached hydrogens (tertiary/aromatic N) is 2. The molecule has 1 saturated heterocycles. The van der Waals surface area contributed by atoms with Crippen LogP contribution in [0.15, 0.2) is 29.8 Å². The molecular formula is C29H38N4O6S. The van der Waals surface area contributed by atoms with Crippen LogP contribution < -0.4 is 10.6 Å². The SMILES string of the molecule is Cc1ncsc1-c1ccc(CNC(=O)[C@@H]2C[C@@H](O)CN2C(=O)[C@H](NC(=O)C2(C(=O)O)CC2(C)C)C(C)(C)C)cc1. The molecule has 1 aromatic heterocycles. The molecule has 2 aromatic rings. The van der Waals surface area contributed by atoms with Gasteiger partial charge in [0, 0.05) is 19.5 Å². The van der Waals surface area contributed by atoms with Crippen molar-refractivity contribution >= 4 is 35.0 Å². The molecule has 11 heteroatoms.